The van der Waals surface area contributed by atoms with Crippen molar-refractivity contribution >= 4 is 15.8 Å². The van der Waals surface area contributed by atoms with Crippen molar-refractivity contribution in [2.45, 2.75) is 0 Å². The molecule has 1 radical (unpaired) electrons. The second-order valence-electron chi connectivity index (χ2n) is 4.17. The van der Waals surface area contributed by atoms with E-state index in [-0.39, 0.29) is 35.3 Å². The van der Waals surface area contributed by atoms with Gasteiger partial charge >= 0.3 is 19.5 Å². The van der Waals surface area contributed by atoms with Gasteiger partial charge in [-0.2, -0.15) is 18.2 Å². The molecule has 1 aromatic rings. The van der Waals surface area contributed by atoms with Crippen LogP contribution in [0.5, 0.6) is 0 Å². The maximum atomic E-state index is 4.49. The Bertz CT molecular complexity index is 181. The summed E-state index contributed by atoms with van der Waals surface area (Å²) in [6.07, 6.45) is 0. The molecule has 0 heterocycles. The van der Waals surface area contributed by atoms with Crippen LogP contribution in [0.25, 0.3) is 0 Å². The Labute approximate surface area is 124 Å². The second kappa shape index (κ2) is 25.3. The standard InChI is InChI=1S/C5H5.2C3H9P.C3H3.Ru/c1-2-4-5-3-1;2*1-4(2)3;1-3-2;/h1-5H;2*1-3H3;1H,2H2;/q-1;;;-1;+1/p+2. The van der Waals surface area contributed by atoms with Crippen molar-refractivity contribution in [1.82, 2.24) is 0 Å². The average molecular weight is 359 g/mol. The van der Waals surface area contributed by atoms with Crippen LogP contribution in [0.3, 0.4) is 0 Å². The molecule has 0 N–H and O–H groups in total. The molecule has 0 aliphatic carbocycles. The predicted molar refractivity (Wildman–Crippen MR) is 87.6 cm³/mol. The molecule has 0 spiro atoms. The monoisotopic (exact) mass is 360 g/mol. The molecule has 1 rings (SSSR count). The second-order valence-corrected chi connectivity index (χ2v) is 10.2. The third-order valence-electron chi connectivity index (χ3n) is 0.556. The van der Waals surface area contributed by atoms with Crippen LogP contribution in [-0.2, 0) is 19.5 Å². The smallest absolute Gasteiger partial charge is 0.342 e. The van der Waals surface area contributed by atoms with Gasteiger partial charge in [0.05, 0.1) is 0 Å². The van der Waals surface area contributed by atoms with Gasteiger partial charge in [-0.15, -0.1) is 0 Å². The van der Waals surface area contributed by atoms with Crippen LogP contribution < -0.4 is 0 Å². The summed E-state index contributed by atoms with van der Waals surface area (Å²) in [5.74, 6) is 0. The molecule has 0 fully saturated rings. The van der Waals surface area contributed by atoms with Gasteiger partial charge in [-0.3, -0.25) is 0 Å². The Morgan fingerprint density at radius 3 is 1.18 bits per heavy atom. The topological polar surface area (TPSA) is 0 Å². The van der Waals surface area contributed by atoms with Gasteiger partial charge in [0.25, 0.3) is 0 Å². The summed E-state index contributed by atoms with van der Waals surface area (Å²) in [6, 6.07) is 10.0. The van der Waals surface area contributed by atoms with Crippen molar-refractivity contribution in [1.29, 1.82) is 0 Å². The van der Waals surface area contributed by atoms with Crippen LogP contribution >= 0.6 is 15.8 Å². The third-order valence-corrected chi connectivity index (χ3v) is 0.556. The van der Waals surface area contributed by atoms with E-state index in [1.165, 1.54) is 0 Å². The fourth-order valence-electron chi connectivity index (χ4n) is 0.321. The molecule has 0 nitrogen and oxygen atoms in total. The Hall–Kier alpha value is 0.353. The zero-order valence-corrected chi connectivity index (χ0v) is 15.8. The Morgan fingerprint density at radius 2 is 1.12 bits per heavy atom. The molecule has 1 aromatic carbocycles. The Kier molecular flexibility index (Phi) is 38.7. The molecule has 0 unspecified atom stereocenters. The van der Waals surface area contributed by atoms with Crippen LogP contribution in [0, 0.1) is 6.58 Å². The van der Waals surface area contributed by atoms with E-state index in [1.54, 1.807) is 0 Å². The van der Waals surface area contributed by atoms with Crippen molar-refractivity contribution < 1.29 is 19.5 Å². The Morgan fingerprint density at radius 1 is 0.941 bits per heavy atom. The van der Waals surface area contributed by atoms with Gasteiger partial charge in [-0.25, -0.2) is 25.3 Å². The van der Waals surface area contributed by atoms with Crippen molar-refractivity contribution in [2.75, 3.05) is 40.0 Å². The van der Waals surface area contributed by atoms with Crippen LogP contribution in [0.2, 0.25) is 0 Å². The average Bonchev–Trinajstić information content (AvgIpc) is 2.57. The Balaban J connectivity index is -0.0000000664. The summed E-state index contributed by atoms with van der Waals surface area (Å²) in [7, 11) is 0.241. The van der Waals surface area contributed by atoms with E-state index in [9.17, 15) is 0 Å². The molecule has 0 amide bonds. The summed E-state index contributed by atoms with van der Waals surface area (Å²) in [4.78, 5) is 0. The first kappa shape index (κ1) is 26.0. The third kappa shape index (κ3) is 118. The summed E-state index contributed by atoms with van der Waals surface area (Å²) in [5.41, 5.74) is 2.00. The first-order valence-electron chi connectivity index (χ1n) is 5.31. The van der Waals surface area contributed by atoms with Crippen molar-refractivity contribution in [3.8, 4) is 0 Å². The number of hydrogen-bond acceptors (Lipinski definition) is 0. The number of rotatable bonds is 0. The van der Waals surface area contributed by atoms with E-state index < -0.39 is 0 Å². The van der Waals surface area contributed by atoms with E-state index in [0.29, 0.717) is 0 Å². The molecule has 0 aliphatic rings. The van der Waals surface area contributed by atoms with Crippen LogP contribution in [0.1, 0.15) is 0 Å². The maximum Gasteiger partial charge on any atom is 1.00 e. The van der Waals surface area contributed by atoms with E-state index >= 15 is 0 Å². The molecular formula is C14H28P2Ru+. The van der Waals surface area contributed by atoms with E-state index in [2.05, 4.69) is 53.1 Å². The largest absolute Gasteiger partial charge is 1.00 e. The van der Waals surface area contributed by atoms with Crippen molar-refractivity contribution in [2.24, 2.45) is 0 Å². The fourth-order valence-corrected chi connectivity index (χ4v) is 0.321. The fraction of sp³-hybridized carbons (Fsp3) is 0.429. The van der Waals surface area contributed by atoms with Gasteiger partial charge in [0, 0.05) is 40.0 Å². The van der Waals surface area contributed by atoms with Crippen molar-refractivity contribution in [3.63, 3.8) is 0 Å². The van der Waals surface area contributed by atoms with Crippen LogP contribution in [0.4, 0.5) is 0 Å². The SMILES string of the molecule is C[PH+](C)C.C[PH+](C)C.[CH-]=C=C.[Ru+].c1cc[cH-]c1. The summed E-state index contributed by atoms with van der Waals surface area (Å²) in [6.45, 7) is 21.1. The van der Waals surface area contributed by atoms with E-state index in [1.807, 2.05) is 36.1 Å². The summed E-state index contributed by atoms with van der Waals surface area (Å²) >= 11 is 0. The van der Waals surface area contributed by atoms with Gasteiger partial charge in [-0.05, 0) is 15.8 Å². The molecule has 0 saturated carbocycles. The zero-order chi connectivity index (χ0) is 13.4. The molecule has 101 valence electrons. The molecule has 0 bridgehead atoms. The molecule has 0 aliphatic heterocycles. The van der Waals surface area contributed by atoms with Crippen molar-refractivity contribution in [3.05, 3.63) is 49.2 Å². The molecule has 0 atom stereocenters. The molecule has 3 heteroatoms. The normalized spacial score (nSPS) is 7.06. The molecular weight excluding hydrogens is 331 g/mol. The first-order valence-corrected chi connectivity index (χ1v) is 11.3. The summed E-state index contributed by atoms with van der Waals surface area (Å²) < 4.78 is 0. The molecule has 0 saturated heterocycles. The first-order chi connectivity index (χ1) is 7.38. The van der Waals surface area contributed by atoms with Gasteiger partial charge in [0.1, 0.15) is 0 Å². The van der Waals surface area contributed by atoms with Gasteiger partial charge in [0.2, 0.25) is 0 Å². The van der Waals surface area contributed by atoms with Gasteiger partial charge in [0.15, 0.2) is 0 Å². The summed E-state index contributed by atoms with van der Waals surface area (Å²) in [5, 5.41) is 0. The van der Waals surface area contributed by atoms with Crippen LogP contribution in [-0.4, -0.2) is 40.0 Å². The molecule has 17 heavy (non-hydrogen) atoms. The predicted octanol–water partition coefficient (Wildman–Crippen LogP) is 4.34. The zero-order valence-electron chi connectivity index (χ0n) is 12.0. The minimum absolute atomic E-state index is 0. The minimum atomic E-state index is 0. The number of hydrogen-bond donors (Lipinski definition) is 0. The van der Waals surface area contributed by atoms with E-state index in [0.717, 1.165) is 0 Å². The van der Waals surface area contributed by atoms with Gasteiger partial charge < -0.3 is 5.73 Å². The minimum Gasteiger partial charge on any atom is -0.342 e. The quantitative estimate of drug-likeness (QED) is 0.280. The van der Waals surface area contributed by atoms with Crippen LogP contribution in [0.15, 0.2) is 42.6 Å². The van der Waals surface area contributed by atoms with Gasteiger partial charge in [-0.1, -0.05) is 0 Å². The molecule has 0 aromatic heterocycles. The van der Waals surface area contributed by atoms with E-state index in [4.69, 9.17) is 0 Å². The maximum absolute atomic E-state index is 4.49.